The summed E-state index contributed by atoms with van der Waals surface area (Å²) in [6.07, 6.45) is 1.82. The molecule has 11 aromatic carbocycles. The van der Waals surface area contributed by atoms with Gasteiger partial charge in [0, 0.05) is 52.4 Å². The third kappa shape index (κ3) is 4.80. The summed E-state index contributed by atoms with van der Waals surface area (Å²) in [7, 11) is 0. The fourth-order valence-corrected chi connectivity index (χ4v) is 12.6. The van der Waals surface area contributed by atoms with Crippen LogP contribution in [0.5, 0.6) is 0 Å². The van der Waals surface area contributed by atoms with Crippen molar-refractivity contribution in [1.82, 2.24) is 0 Å². The molecule has 1 unspecified atom stereocenters. The lowest BCUT2D eigenvalue weighted by atomic mass is 9.72. The van der Waals surface area contributed by atoms with E-state index in [1.54, 1.807) is 0 Å². The van der Waals surface area contributed by atoms with Crippen LogP contribution in [-0.2, 0) is 18.3 Å². The van der Waals surface area contributed by atoms with Crippen molar-refractivity contribution in [3.8, 4) is 33.4 Å². The number of anilines is 6. The lowest BCUT2D eigenvalue weighted by Gasteiger charge is -2.37. The van der Waals surface area contributed by atoms with Crippen molar-refractivity contribution in [3.63, 3.8) is 0 Å². The van der Waals surface area contributed by atoms with Gasteiger partial charge in [0.2, 0.25) is 0 Å². The van der Waals surface area contributed by atoms with Gasteiger partial charge in [-0.05, 0) is 166 Å². The molecule has 0 radical (unpaired) electrons. The highest BCUT2D eigenvalue weighted by Crippen LogP contribution is 2.57. The lowest BCUT2D eigenvalue weighted by molar-refractivity contribution is 0.713. The summed E-state index contributed by atoms with van der Waals surface area (Å²) in [5.74, 6) is 0. The van der Waals surface area contributed by atoms with Gasteiger partial charge in [0.05, 0.1) is 0 Å². The molecule has 0 aromatic heterocycles. The maximum atomic E-state index is 2.55. The smallest absolute Gasteiger partial charge is 0.0500 e. The van der Waals surface area contributed by atoms with E-state index in [4.69, 9.17) is 0 Å². The Labute approximate surface area is 384 Å². The van der Waals surface area contributed by atoms with Gasteiger partial charge in [-0.15, -0.1) is 0 Å². The van der Waals surface area contributed by atoms with E-state index in [1.807, 2.05) is 0 Å². The molecule has 15 rings (SSSR count). The Morgan fingerprint density at radius 2 is 0.894 bits per heavy atom. The molecule has 0 spiro atoms. The average Bonchev–Trinajstić information content (AvgIpc) is 3.63. The summed E-state index contributed by atoms with van der Waals surface area (Å²) >= 11 is 0. The molecule has 11 aromatic rings. The first-order valence-electron chi connectivity index (χ1n) is 23.3. The molecule has 1 atom stereocenters. The Morgan fingerprint density at radius 3 is 1.62 bits per heavy atom. The second kappa shape index (κ2) is 13.2. The maximum Gasteiger partial charge on any atom is 0.0500 e. The number of fused-ring (bicyclic) bond motifs is 16. The van der Waals surface area contributed by atoms with Crippen molar-refractivity contribution < 1.29 is 0 Å². The van der Waals surface area contributed by atoms with Crippen molar-refractivity contribution in [1.29, 1.82) is 0 Å². The number of benzene rings is 11. The zero-order valence-electron chi connectivity index (χ0n) is 36.5. The van der Waals surface area contributed by atoms with Crippen LogP contribution in [0.1, 0.15) is 45.9 Å². The second-order valence-electron chi connectivity index (χ2n) is 18.9. The number of nitrogens with zero attached hydrogens (tertiary/aromatic N) is 2. The van der Waals surface area contributed by atoms with Crippen molar-refractivity contribution in [2.45, 2.75) is 25.2 Å². The van der Waals surface area contributed by atoms with Gasteiger partial charge < -0.3 is 9.80 Å². The van der Waals surface area contributed by atoms with E-state index in [1.165, 1.54) is 133 Å². The Kier molecular flexibility index (Phi) is 7.23. The van der Waals surface area contributed by atoms with E-state index >= 15 is 0 Å². The van der Waals surface area contributed by atoms with E-state index in [0.717, 1.165) is 18.5 Å². The van der Waals surface area contributed by atoms with Crippen LogP contribution in [-0.4, -0.2) is 0 Å². The van der Waals surface area contributed by atoms with E-state index in [2.05, 4.69) is 229 Å². The number of para-hydroxylation sites is 3. The molecule has 1 aliphatic carbocycles. The quantitative estimate of drug-likeness (QED) is 0.160. The van der Waals surface area contributed by atoms with Crippen LogP contribution in [0.25, 0.3) is 65.7 Å². The van der Waals surface area contributed by atoms with Crippen molar-refractivity contribution >= 4 is 66.4 Å². The second-order valence-corrected chi connectivity index (χ2v) is 18.9. The summed E-state index contributed by atoms with van der Waals surface area (Å²) in [5, 5.41) is 7.49. The predicted molar refractivity (Wildman–Crippen MR) is 276 cm³/mol. The van der Waals surface area contributed by atoms with Gasteiger partial charge in [-0.1, -0.05) is 158 Å². The first kappa shape index (κ1) is 36.2. The van der Waals surface area contributed by atoms with E-state index < -0.39 is 0 Å². The number of hydrogen-bond donors (Lipinski definition) is 0. The molecule has 66 heavy (non-hydrogen) atoms. The third-order valence-electron chi connectivity index (χ3n) is 15.6. The van der Waals surface area contributed by atoms with Crippen LogP contribution in [0.15, 0.2) is 212 Å². The molecule has 6 bridgehead atoms. The summed E-state index contributed by atoms with van der Waals surface area (Å²) in [5.41, 5.74) is 24.0. The molecule has 0 N–H and O–H groups in total. The molecule has 0 fully saturated rings. The van der Waals surface area contributed by atoms with Crippen LogP contribution >= 0.6 is 0 Å². The van der Waals surface area contributed by atoms with Gasteiger partial charge in [0.1, 0.15) is 0 Å². The largest absolute Gasteiger partial charge is 0.310 e. The van der Waals surface area contributed by atoms with Gasteiger partial charge in [-0.25, -0.2) is 0 Å². The highest BCUT2D eigenvalue weighted by molar-refractivity contribution is 6.25. The fourth-order valence-electron chi connectivity index (χ4n) is 12.6. The molecule has 0 amide bonds. The Morgan fingerprint density at radius 1 is 0.348 bits per heavy atom. The number of rotatable bonds is 2. The third-order valence-corrected chi connectivity index (χ3v) is 15.6. The molecule has 4 aliphatic rings. The minimum absolute atomic E-state index is 0.369. The summed E-state index contributed by atoms with van der Waals surface area (Å²) in [6, 6.07) is 81.1. The van der Waals surface area contributed by atoms with E-state index in [9.17, 15) is 0 Å². The first-order chi connectivity index (χ1) is 32.6. The minimum Gasteiger partial charge on any atom is -0.310 e. The molecule has 2 nitrogen and oxygen atoms in total. The van der Waals surface area contributed by atoms with E-state index in [-0.39, 0.29) is 5.41 Å². The van der Waals surface area contributed by atoms with Crippen LogP contribution < -0.4 is 9.80 Å². The van der Waals surface area contributed by atoms with Crippen molar-refractivity contribution in [2.24, 2.45) is 0 Å². The SMILES string of the molecule is CC12c3ccc4c(c3)N(c3ccc5c(-c6cccc7ccccc67)c6cc(N7c8ccccc8Cc8ccccc87)ccc6c(c5c3)-c3ccc(c1c3)-c1ccccc12)c1ccccc1C4. The molecule has 3 aliphatic heterocycles. The van der Waals surface area contributed by atoms with Crippen molar-refractivity contribution in [3.05, 3.63) is 251 Å². The normalized spacial score (nSPS) is 15.8. The predicted octanol–water partition coefficient (Wildman–Crippen LogP) is 16.9. The molecule has 2 heteroatoms. The Hall–Kier alpha value is -8.20. The van der Waals surface area contributed by atoms with Crippen LogP contribution in [0, 0.1) is 0 Å². The zero-order chi connectivity index (χ0) is 43.3. The summed E-state index contributed by atoms with van der Waals surface area (Å²) < 4.78 is 0. The van der Waals surface area contributed by atoms with E-state index in [0.29, 0.717) is 0 Å². The van der Waals surface area contributed by atoms with Gasteiger partial charge >= 0.3 is 0 Å². The van der Waals surface area contributed by atoms with Gasteiger partial charge in [-0.3, -0.25) is 0 Å². The van der Waals surface area contributed by atoms with Crippen LogP contribution in [0.4, 0.5) is 34.1 Å². The lowest BCUT2D eigenvalue weighted by Crippen LogP contribution is -2.25. The summed E-state index contributed by atoms with van der Waals surface area (Å²) in [4.78, 5) is 5.05. The molecule has 0 saturated heterocycles. The maximum absolute atomic E-state index is 2.55. The molecule has 308 valence electrons. The van der Waals surface area contributed by atoms with Gasteiger partial charge in [0.15, 0.2) is 0 Å². The molecule has 0 saturated carbocycles. The number of hydrogen-bond acceptors (Lipinski definition) is 2. The highest BCUT2D eigenvalue weighted by atomic mass is 15.2. The highest BCUT2D eigenvalue weighted by Gasteiger charge is 2.42. The molecular formula is C64H42N2. The monoisotopic (exact) mass is 838 g/mol. The van der Waals surface area contributed by atoms with Crippen LogP contribution in [0.3, 0.4) is 0 Å². The molecular weight excluding hydrogens is 797 g/mol. The standard InChI is InChI=1S/C64H42N2/c1-64-45-27-25-43-34-42-16-5-11-24-60(42)66(61(43)36-45)47-29-32-53-54(37-47)62(44-26-30-50(57(64)35-44)49-19-7-8-21-56(49)64)52-31-28-46(38-55(52)63(53)51-20-12-17-39-13-2-6-18-48(39)51)65-58-22-9-3-14-40(58)33-41-15-4-10-23-59(41)65/h2-32,35-38H,33-34H2,1H3. The summed E-state index contributed by atoms with van der Waals surface area (Å²) in [6.45, 7) is 2.47. The van der Waals surface area contributed by atoms with Gasteiger partial charge in [0.25, 0.3) is 0 Å². The molecule has 3 heterocycles. The Balaban J connectivity index is 1.11. The van der Waals surface area contributed by atoms with Crippen molar-refractivity contribution in [2.75, 3.05) is 9.80 Å². The first-order valence-corrected chi connectivity index (χ1v) is 23.3. The topological polar surface area (TPSA) is 6.48 Å². The van der Waals surface area contributed by atoms with Crippen LogP contribution in [0.2, 0.25) is 0 Å². The Bertz CT molecular complexity index is 3880. The minimum atomic E-state index is -0.369. The average molecular weight is 839 g/mol. The zero-order valence-corrected chi connectivity index (χ0v) is 36.5. The fraction of sp³-hybridized carbons (Fsp3) is 0.0625. The van der Waals surface area contributed by atoms with Gasteiger partial charge in [-0.2, -0.15) is 0 Å².